The molecule has 3 heterocycles. The van der Waals surface area contributed by atoms with Crippen molar-refractivity contribution in [3.8, 4) is 50.9 Å². The molecule has 7 aromatic rings. The fourth-order valence-electron chi connectivity index (χ4n) is 11.5. The van der Waals surface area contributed by atoms with Crippen molar-refractivity contribution in [3.05, 3.63) is 147 Å². The molecule has 2 aliphatic rings. The summed E-state index contributed by atoms with van der Waals surface area (Å²) in [5.41, 5.74) is 9.03. The van der Waals surface area contributed by atoms with E-state index in [1.165, 1.54) is 171 Å². The van der Waals surface area contributed by atoms with Crippen LogP contribution in [-0.4, -0.2) is 162 Å². The van der Waals surface area contributed by atoms with Gasteiger partial charge in [-0.2, -0.15) is 0 Å². The zero-order valence-electron chi connectivity index (χ0n) is 63.5. The molecule has 2 aliphatic carbocycles. The van der Waals surface area contributed by atoms with Crippen molar-refractivity contribution < 1.29 is 124 Å². The van der Waals surface area contributed by atoms with Crippen LogP contribution in [0.2, 0.25) is 0 Å². The maximum atomic E-state index is 13.0. The second kappa shape index (κ2) is 43.8. The molecule has 0 spiro atoms. The molecule has 2 N–H and O–H groups in total. The Morgan fingerprint density at radius 3 is 1.31 bits per heavy atom. The number of benzene rings is 4. The van der Waals surface area contributed by atoms with Crippen molar-refractivity contribution in [3.63, 3.8) is 0 Å². The monoisotopic (exact) mass is 1630 g/mol. The van der Waals surface area contributed by atoms with Gasteiger partial charge in [0.2, 0.25) is 0 Å². The van der Waals surface area contributed by atoms with E-state index in [0.717, 1.165) is 41.9 Å². The van der Waals surface area contributed by atoms with Crippen molar-refractivity contribution in [1.82, 2.24) is 13.7 Å². The Morgan fingerprint density at radius 2 is 0.931 bits per heavy atom. The molecule has 18 nitrogen and oxygen atoms in total. The van der Waals surface area contributed by atoms with E-state index in [1.54, 1.807) is 70.9 Å². The van der Waals surface area contributed by atoms with Gasteiger partial charge in [0.25, 0.3) is 0 Å². The molecule has 26 heteroatoms. The van der Waals surface area contributed by atoms with Crippen molar-refractivity contribution in [2.24, 2.45) is 0 Å². The number of carbonyl (C=O) groups is 3. The zero-order chi connectivity index (χ0) is 75.3. The zero-order valence-corrected chi connectivity index (χ0v) is 77.9. The molecule has 9 rings (SSSR count). The predicted octanol–water partition coefficient (Wildman–Crippen LogP) is 13.9. The Labute approximate surface area is 707 Å². The summed E-state index contributed by atoms with van der Waals surface area (Å²) in [7, 11) is 0.101. The Bertz CT molecular complexity index is 3650. The summed E-state index contributed by atoms with van der Waals surface area (Å²) >= 11 is 9.49. The minimum absolute atomic E-state index is 0. The van der Waals surface area contributed by atoms with Crippen LogP contribution in [0.1, 0.15) is 185 Å². The molecule has 0 aliphatic heterocycles. The molecule has 0 bridgehead atoms. The molecule has 0 saturated heterocycles. The average molecular weight is 1630 g/mol. The summed E-state index contributed by atoms with van der Waals surface area (Å²) in [6.07, 6.45) is 17.6. The van der Waals surface area contributed by atoms with Gasteiger partial charge in [0.1, 0.15) is 34.1 Å². The summed E-state index contributed by atoms with van der Waals surface area (Å²) in [5.74, 6) is 2.41. The number of aromatic nitrogens is 3. The number of methoxy groups -OCH3 is 3. The molecule has 3 aromatic heterocycles. The summed E-state index contributed by atoms with van der Waals surface area (Å²) in [5, 5.41) is 28.1. The Kier molecular flexibility index (Phi) is 40.8. The Balaban J connectivity index is 0.000000360. The topological polar surface area (TPSA) is 234 Å². The van der Waals surface area contributed by atoms with E-state index in [-0.39, 0.29) is 75.7 Å². The van der Waals surface area contributed by atoms with Crippen LogP contribution in [-0.2, 0) is 34.3 Å². The summed E-state index contributed by atoms with van der Waals surface area (Å²) in [6.45, 7) is 31.3. The molecule has 2 saturated carbocycles. The molecule has 2 fully saturated rings. The summed E-state index contributed by atoms with van der Waals surface area (Å²) in [6, 6.07) is 34.3. The van der Waals surface area contributed by atoms with Gasteiger partial charge in [0.05, 0.1) is 47.3 Å². The second-order valence-electron chi connectivity index (χ2n) is 29.2. The minimum atomic E-state index is -3.15. The van der Waals surface area contributed by atoms with E-state index in [1.807, 2.05) is 72.9 Å². The van der Waals surface area contributed by atoms with Crippen LogP contribution >= 0.6 is 48.0 Å². The number of rotatable bonds is 11. The van der Waals surface area contributed by atoms with E-state index in [0.29, 0.717) is 28.3 Å². The van der Waals surface area contributed by atoms with Crippen molar-refractivity contribution in [2.45, 2.75) is 214 Å². The van der Waals surface area contributed by atoms with Crippen LogP contribution in [0.25, 0.3) is 33.6 Å². The van der Waals surface area contributed by atoms with Gasteiger partial charge in [-0.1, -0.05) is 124 Å². The van der Waals surface area contributed by atoms with Crippen LogP contribution in [0.5, 0.6) is 17.2 Å². The number of hydrogen-bond acceptors (Lipinski definition) is 15. The van der Waals surface area contributed by atoms with E-state index in [2.05, 4.69) is 140 Å². The molecule has 1 unspecified atom stereocenters. The number of hydrogen-bond donors (Lipinski definition) is 2. The van der Waals surface area contributed by atoms with Crippen molar-refractivity contribution in [1.29, 1.82) is 0 Å². The fourth-order valence-corrected chi connectivity index (χ4v) is 17.0. The Hall–Kier alpha value is -1.21. The van der Waals surface area contributed by atoms with E-state index in [4.69, 9.17) is 53.2 Å². The van der Waals surface area contributed by atoms with Gasteiger partial charge in [0, 0.05) is 35.3 Å². The number of halogens is 2. The van der Waals surface area contributed by atoms with Gasteiger partial charge in [0.15, 0.2) is 0 Å². The number of carbonyl (C=O) groups excluding carboxylic acids is 3. The third-order valence-corrected chi connectivity index (χ3v) is 20.8. The summed E-state index contributed by atoms with van der Waals surface area (Å²) in [4.78, 5) is 46.5. The third kappa shape index (κ3) is 29.6. The first-order valence-electron chi connectivity index (χ1n) is 34.1. The van der Waals surface area contributed by atoms with Gasteiger partial charge < -0.3 is 48.6 Å². The van der Waals surface area contributed by atoms with E-state index >= 15 is 0 Å². The van der Waals surface area contributed by atoms with Crippen LogP contribution in [0.3, 0.4) is 0 Å². The number of ether oxygens (including phenoxy) is 6. The van der Waals surface area contributed by atoms with Crippen LogP contribution < -0.4 is 86.6 Å². The van der Waals surface area contributed by atoms with Crippen molar-refractivity contribution >= 4 is 147 Å². The van der Waals surface area contributed by atoms with Crippen LogP contribution in [0.15, 0.2) is 131 Å². The van der Waals surface area contributed by atoms with Gasteiger partial charge in [-0.25, -0.2) is 19.1 Å². The standard InChI is InChI=1S/C29H38N2O5.C26H35OP.C11H14Br2O.C9H14BNO4.3K.HO4P/c1-27(2,3)19-17-20(22-13-11-15-30(22)25(32)35-28(4,5)6)24(34-10)21(18-19)23-14-12-16-31(23)26(33)36-29(7,8)9;1-20-12-11-18-24(27-2)26(20)23-17-9-10-19-25(23)28(21-13-5-3-6-14-21)22-15-7-4-8-16-22;1-11(2,3)7-5-8(12)10(14-4)9(13)6-7;1-9(2,3)15-8(12)11-6-4-5-7(11)10(13)14;;;;1-4-5(2)3/h11-18H,1-10H3;9-12,17-19,21-22H,3-8,13-16H2,1-2H3;5-6H,1-4H3;4-6,13-14H,1-3H3;;;;1H/q;;;;;;+1;/p-1. The molecule has 1 atom stereocenters. The predicted molar refractivity (Wildman–Crippen MR) is 408 cm³/mol. The van der Waals surface area contributed by atoms with E-state index in [9.17, 15) is 14.4 Å². The maximum absolute atomic E-state index is 13.0. The number of aryl methyl sites for hydroxylation is 1. The van der Waals surface area contributed by atoms with Crippen LogP contribution in [0.4, 0.5) is 14.4 Å². The normalized spacial score (nSPS) is 13.6. The fraction of sp³-hybridized carbons (Fsp3) is 0.480. The average Bonchev–Trinajstić information content (AvgIpc) is 1.54. The molecule has 0 amide bonds. The molecular weight excluding hydrogens is 1530 g/mol. The molecule has 0 radical (unpaired) electrons. The first-order chi connectivity index (χ1) is 46.7. The van der Waals surface area contributed by atoms with Crippen molar-refractivity contribution in [2.75, 3.05) is 21.3 Å². The Morgan fingerprint density at radius 1 is 0.545 bits per heavy atom. The SMILES string of the molecule is CC(C)(C)OC(=O)n1cccc1B(O)O.COc1c(-c2cccn2C(=O)OC(C)(C)C)cc(C(C)(C)C)cc1-c1cccn1C(=O)OC(C)(C)C.COc1c(Br)cc(C(C)(C)C)cc1Br.COc1cccc(C)c1-c1ccccc1P(C1CCCCC1)C1CCCCC1.O=[P+]([O-])O[O-].[K+].[K][K]. The quantitative estimate of drug-likeness (QED) is 0.0403. The first-order valence-corrected chi connectivity index (χ1v) is 54.2. The van der Waals surface area contributed by atoms with Gasteiger partial charge in [-0.3, -0.25) is 13.7 Å². The third-order valence-electron chi connectivity index (χ3n) is 16.0. The van der Waals surface area contributed by atoms with Gasteiger partial charge >= 0.3 is 148 Å². The second-order valence-corrected chi connectivity index (χ2v) is 34.2. The van der Waals surface area contributed by atoms with Gasteiger partial charge in [-0.15, -0.1) is 0 Å². The molecule has 4 aromatic carbocycles. The van der Waals surface area contributed by atoms with Crippen LogP contribution in [0, 0.1) is 6.92 Å². The molecule has 536 valence electrons. The number of nitrogens with zero attached hydrogens (tertiary/aromatic N) is 3. The van der Waals surface area contributed by atoms with E-state index < -0.39 is 50.5 Å². The van der Waals surface area contributed by atoms with Gasteiger partial charge in [-0.05, 0) is 248 Å². The molecular formula is C75H101BBr2K3N3O15P2. The summed E-state index contributed by atoms with van der Waals surface area (Å²) < 4.78 is 50.7. The first kappa shape index (κ1) is 94.0. The molecule has 101 heavy (non-hydrogen) atoms.